The van der Waals surface area contributed by atoms with Crippen LogP contribution < -0.4 is 9.64 Å². The van der Waals surface area contributed by atoms with Gasteiger partial charge in [0.25, 0.3) is 0 Å². The number of hydrogen-bond acceptors (Lipinski definition) is 6. The molecule has 4 aliphatic heterocycles. The van der Waals surface area contributed by atoms with Crippen molar-refractivity contribution in [2.45, 2.75) is 38.0 Å². The van der Waals surface area contributed by atoms with E-state index in [9.17, 15) is 14.4 Å². The zero-order chi connectivity index (χ0) is 24.3. The number of amides is 2. The molecule has 0 spiro atoms. The summed E-state index contributed by atoms with van der Waals surface area (Å²) in [5, 5.41) is 0. The molecule has 5 atom stereocenters. The number of ketones is 1. The smallest absolute Gasteiger partial charge is 0.235 e. The summed E-state index contributed by atoms with van der Waals surface area (Å²) in [5.41, 5.74) is 3.46. The van der Waals surface area contributed by atoms with Crippen molar-refractivity contribution < 1.29 is 23.9 Å². The minimum Gasteiger partial charge on any atom is -0.497 e. The monoisotopic (exact) mass is 472 g/mol. The van der Waals surface area contributed by atoms with Crippen molar-refractivity contribution in [1.82, 2.24) is 4.90 Å². The number of para-hydroxylation sites is 1. The van der Waals surface area contributed by atoms with E-state index in [1.807, 2.05) is 36.1 Å². The summed E-state index contributed by atoms with van der Waals surface area (Å²) in [4.78, 5) is 44.9. The quantitative estimate of drug-likeness (QED) is 0.491. The molecule has 7 heteroatoms. The van der Waals surface area contributed by atoms with Crippen LogP contribution in [0.1, 0.15) is 35.7 Å². The summed E-state index contributed by atoms with van der Waals surface area (Å²) < 4.78 is 11.0. The first kappa shape index (κ1) is 22.0. The molecule has 0 aliphatic carbocycles. The van der Waals surface area contributed by atoms with E-state index >= 15 is 0 Å². The Morgan fingerprint density at radius 1 is 1.06 bits per heavy atom. The Balaban J connectivity index is 1.44. The SMILES string of the molecule is COc1ccc(C(=O)[C@H]2[C@@H]3C(=O)N(C[C@@H]4CCCO4)C(=O)[C@@H]3[C@H]3C=C(C)c4ccccc4N32)cc1. The number of rotatable bonds is 5. The maximum atomic E-state index is 14.0. The molecule has 2 amide bonds. The largest absolute Gasteiger partial charge is 0.497 e. The molecule has 2 aromatic carbocycles. The van der Waals surface area contributed by atoms with Gasteiger partial charge in [0.2, 0.25) is 11.8 Å². The van der Waals surface area contributed by atoms with E-state index in [-0.39, 0.29) is 36.3 Å². The second kappa shape index (κ2) is 8.34. The predicted octanol–water partition coefficient (Wildman–Crippen LogP) is 3.33. The van der Waals surface area contributed by atoms with Gasteiger partial charge in [-0.3, -0.25) is 19.3 Å². The molecule has 0 aromatic heterocycles. The lowest BCUT2D eigenvalue weighted by molar-refractivity contribution is -0.142. The molecule has 3 saturated heterocycles. The van der Waals surface area contributed by atoms with Gasteiger partial charge in [0.05, 0.1) is 37.6 Å². The summed E-state index contributed by atoms with van der Waals surface area (Å²) in [5.74, 6) is -1.30. The van der Waals surface area contributed by atoms with Gasteiger partial charge in [-0.05, 0) is 55.7 Å². The third-order valence-corrected chi connectivity index (χ3v) is 7.90. The van der Waals surface area contributed by atoms with Crippen LogP contribution >= 0.6 is 0 Å². The minimum atomic E-state index is -0.769. The molecular formula is C28H28N2O5. The summed E-state index contributed by atoms with van der Waals surface area (Å²) in [6.45, 7) is 2.94. The molecule has 0 N–H and O–H groups in total. The summed E-state index contributed by atoms with van der Waals surface area (Å²) in [6.07, 6.45) is 3.70. The van der Waals surface area contributed by atoms with Crippen LogP contribution in [-0.4, -0.2) is 60.9 Å². The van der Waals surface area contributed by atoms with Gasteiger partial charge in [-0.1, -0.05) is 24.3 Å². The third-order valence-electron chi connectivity index (χ3n) is 7.90. The molecule has 0 unspecified atom stereocenters. The molecular weight excluding hydrogens is 444 g/mol. The van der Waals surface area contributed by atoms with Crippen molar-refractivity contribution in [2.24, 2.45) is 11.8 Å². The molecule has 0 bridgehead atoms. The summed E-state index contributed by atoms with van der Waals surface area (Å²) >= 11 is 0. The molecule has 2 aromatic rings. The number of benzene rings is 2. The lowest BCUT2D eigenvalue weighted by Gasteiger charge is -2.38. The van der Waals surface area contributed by atoms with Gasteiger partial charge < -0.3 is 14.4 Å². The number of nitrogens with zero attached hydrogens (tertiary/aromatic N) is 2. The predicted molar refractivity (Wildman–Crippen MR) is 130 cm³/mol. The van der Waals surface area contributed by atoms with Gasteiger partial charge >= 0.3 is 0 Å². The summed E-state index contributed by atoms with van der Waals surface area (Å²) in [7, 11) is 1.58. The highest BCUT2D eigenvalue weighted by Crippen LogP contribution is 2.50. The number of ether oxygens (including phenoxy) is 2. The normalized spacial score (nSPS) is 29.1. The van der Waals surface area contributed by atoms with Crippen molar-refractivity contribution in [3.8, 4) is 5.75 Å². The fourth-order valence-corrected chi connectivity index (χ4v) is 6.26. The molecule has 3 fully saturated rings. The number of imide groups is 1. The van der Waals surface area contributed by atoms with Crippen LogP contribution in [-0.2, 0) is 14.3 Å². The number of allylic oxidation sites excluding steroid dienone is 1. The maximum absolute atomic E-state index is 14.0. The van der Waals surface area contributed by atoms with E-state index in [2.05, 4.69) is 6.08 Å². The third kappa shape index (κ3) is 3.32. The van der Waals surface area contributed by atoms with E-state index < -0.39 is 17.9 Å². The zero-order valence-corrected chi connectivity index (χ0v) is 19.8. The van der Waals surface area contributed by atoms with E-state index in [0.29, 0.717) is 17.9 Å². The minimum absolute atomic E-state index is 0.127. The molecule has 35 heavy (non-hydrogen) atoms. The van der Waals surface area contributed by atoms with Crippen LogP contribution in [0.15, 0.2) is 54.6 Å². The van der Waals surface area contributed by atoms with Crippen LogP contribution in [0.5, 0.6) is 5.75 Å². The van der Waals surface area contributed by atoms with Crippen LogP contribution in [0.2, 0.25) is 0 Å². The fraction of sp³-hybridized carbons (Fsp3) is 0.393. The van der Waals surface area contributed by atoms with Gasteiger partial charge in [0, 0.05) is 23.4 Å². The Labute approximate surface area is 204 Å². The first-order chi connectivity index (χ1) is 17.0. The number of methoxy groups -OCH3 is 1. The van der Waals surface area contributed by atoms with Crippen molar-refractivity contribution in [2.75, 3.05) is 25.2 Å². The Kier molecular flexibility index (Phi) is 5.25. The second-order valence-electron chi connectivity index (χ2n) is 9.78. The zero-order valence-electron chi connectivity index (χ0n) is 19.8. The maximum Gasteiger partial charge on any atom is 0.235 e. The first-order valence-corrected chi connectivity index (χ1v) is 12.2. The van der Waals surface area contributed by atoms with E-state index in [1.54, 1.807) is 31.4 Å². The molecule has 6 rings (SSSR count). The topological polar surface area (TPSA) is 76.1 Å². The summed E-state index contributed by atoms with van der Waals surface area (Å²) in [6, 6.07) is 13.7. The van der Waals surface area contributed by atoms with E-state index in [1.165, 1.54) is 4.90 Å². The fourth-order valence-electron chi connectivity index (χ4n) is 6.26. The molecule has 180 valence electrons. The first-order valence-electron chi connectivity index (χ1n) is 12.2. The molecule has 4 heterocycles. The van der Waals surface area contributed by atoms with Gasteiger partial charge in [0.15, 0.2) is 5.78 Å². The van der Waals surface area contributed by atoms with Crippen LogP contribution in [0.3, 0.4) is 0 Å². The van der Waals surface area contributed by atoms with Crippen molar-refractivity contribution >= 4 is 28.9 Å². The van der Waals surface area contributed by atoms with Crippen molar-refractivity contribution in [3.05, 3.63) is 65.7 Å². The number of hydrogen-bond donors (Lipinski definition) is 0. The Morgan fingerprint density at radius 3 is 2.51 bits per heavy atom. The molecule has 0 radical (unpaired) electrons. The Hall–Kier alpha value is -3.45. The van der Waals surface area contributed by atoms with E-state index in [4.69, 9.17) is 9.47 Å². The van der Waals surface area contributed by atoms with Gasteiger partial charge in [-0.15, -0.1) is 0 Å². The molecule has 0 saturated carbocycles. The van der Waals surface area contributed by atoms with Crippen LogP contribution in [0.4, 0.5) is 5.69 Å². The van der Waals surface area contributed by atoms with Crippen molar-refractivity contribution in [3.63, 3.8) is 0 Å². The molecule has 7 nitrogen and oxygen atoms in total. The average Bonchev–Trinajstić information content (AvgIpc) is 3.57. The Bertz CT molecular complexity index is 1230. The van der Waals surface area contributed by atoms with E-state index in [0.717, 1.165) is 29.7 Å². The van der Waals surface area contributed by atoms with Gasteiger partial charge in [0.1, 0.15) is 11.8 Å². The van der Waals surface area contributed by atoms with Crippen molar-refractivity contribution in [1.29, 1.82) is 0 Å². The number of anilines is 1. The number of Topliss-reactive ketones (excluding diaryl/α,β-unsaturated/α-hetero) is 1. The lowest BCUT2D eigenvalue weighted by Crippen LogP contribution is -2.49. The Morgan fingerprint density at radius 2 is 1.80 bits per heavy atom. The highest BCUT2D eigenvalue weighted by Gasteiger charge is 2.64. The highest BCUT2D eigenvalue weighted by atomic mass is 16.5. The average molecular weight is 473 g/mol. The van der Waals surface area contributed by atoms with Gasteiger partial charge in [-0.25, -0.2) is 0 Å². The standard InChI is InChI=1S/C28H28N2O5/c1-16-14-22-23-24(28(33)29(27(23)32)15-19-6-5-13-35-19)25(30(22)21-8-4-3-7-20(16)21)26(31)17-9-11-18(34-2)12-10-17/h3-4,7-12,14,19,22-25H,5-6,13,15H2,1-2H3/t19-,22+,23+,24+,25+/m0/s1. The highest BCUT2D eigenvalue weighted by molar-refractivity contribution is 6.14. The second-order valence-corrected chi connectivity index (χ2v) is 9.78. The van der Waals surface area contributed by atoms with Crippen LogP contribution in [0.25, 0.3) is 5.57 Å². The number of fused-ring (bicyclic) bond motifs is 5. The van der Waals surface area contributed by atoms with Crippen LogP contribution in [0, 0.1) is 11.8 Å². The lowest BCUT2D eigenvalue weighted by atomic mass is 9.85. The van der Waals surface area contributed by atoms with Gasteiger partial charge in [-0.2, -0.15) is 0 Å². The molecule has 4 aliphatic rings. The number of likely N-dealkylation sites (tertiary alicyclic amines) is 1. The number of carbonyl (C=O) groups excluding carboxylic acids is 3. The number of carbonyl (C=O) groups is 3.